The van der Waals surface area contributed by atoms with Crippen LogP contribution >= 0.6 is 0 Å². The molecule has 6 aromatic rings. The Morgan fingerprint density at radius 2 is 0.875 bits per heavy atom. The van der Waals surface area contributed by atoms with E-state index in [2.05, 4.69) is 58.5 Å². The SMILES string of the molecule is c1ccc2oc(Cc3ccc(-c4ccc(Cc5nc6ccccc6o5)cc4)cc3)nc2c1. The number of benzene rings is 4. The summed E-state index contributed by atoms with van der Waals surface area (Å²) in [7, 11) is 0. The number of nitrogens with zero attached hydrogens (tertiary/aromatic N) is 2. The molecule has 2 heterocycles. The lowest BCUT2D eigenvalue weighted by Gasteiger charge is -2.05. The number of hydrogen-bond donors (Lipinski definition) is 0. The second kappa shape index (κ2) is 7.82. The summed E-state index contributed by atoms with van der Waals surface area (Å²) < 4.78 is 11.7. The Morgan fingerprint density at radius 3 is 1.28 bits per heavy atom. The number of fused-ring (bicyclic) bond motifs is 2. The Kier molecular flexibility index (Phi) is 4.54. The molecule has 0 spiro atoms. The molecule has 0 atom stereocenters. The molecule has 0 N–H and O–H groups in total. The lowest BCUT2D eigenvalue weighted by molar-refractivity contribution is 0.543. The molecule has 2 aromatic heterocycles. The summed E-state index contributed by atoms with van der Waals surface area (Å²) in [5, 5.41) is 0. The van der Waals surface area contributed by atoms with Crippen LogP contribution in [0.4, 0.5) is 0 Å². The van der Waals surface area contributed by atoms with Crippen molar-refractivity contribution in [3.63, 3.8) is 0 Å². The molecule has 4 aromatic carbocycles. The topological polar surface area (TPSA) is 52.1 Å². The van der Waals surface area contributed by atoms with Crippen LogP contribution in [-0.4, -0.2) is 9.97 Å². The second-order valence-corrected chi connectivity index (χ2v) is 7.90. The fraction of sp³-hybridized carbons (Fsp3) is 0.0714. The first-order chi connectivity index (χ1) is 15.8. The molecular weight excluding hydrogens is 396 g/mol. The van der Waals surface area contributed by atoms with Crippen molar-refractivity contribution in [2.24, 2.45) is 0 Å². The first kappa shape index (κ1) is 18.6. The quantitative estimate of drug-likeness (QED) is 0.309. The number of rotatable bonds is 5. The average Bonchev–Trinajstić information content (AvgIpc) is 3.43. The third-order valence-corrected chi connectivity index (χ3v) is 5.63. The normalized spacial score (nSPS) is 11.4. The van der Waals surface area contributed by atoms with Crippen molar-refractivity contribution in [2.45, 2.75) is 12.8 Å². The molecule has 0 unspecified atom stereocenters. The fourth-order valence-corrected chi connectivity index (χ4v) is 3.97. The average molecular weight is 416 g/mol. The zero-order valence-electron chi connectivity index (χ0n) is 17.4. The van der Waals surface area contributed by atoms with Crippen molar-refractivity contribution in [1.82, 2.24) is 9.97 Å². The number of hydrogen-bond acceptors (Lipinski definition) is 4. The highest BCUT2D eigenvalue weighted by Crippen LogP contribution is 2.24. The monoisotopic (exact) mass is 416 g/mol. The van der Waals surface area contributed by atoms with Gasteiger partial charge in [0.2, 0.25) is 0 Å². The van der Waals surface area contributed by atoms with Gasteiger partial charge in [-0.15, -0.1) is 0 Å². The minimum atomic E-state index is 0.679. The molecule has 0 aliphatic rings. The highest BCUT2D eigenvalue weighted by atomic mass is 16.4. The maximum atomic E-state index is 5.84. The second-order valence-electron chi connectivity index (χ2n) is 7.90. The molecule has 0 saturated heterocycles. The first-order valence-electron chi connectivity index (χ1n) is 10.7. The van der Waals surface area contributed by atoms with E-state index < -0.39 is 0 Å². The van der Waals surface area contributed by atoms with E-state index in [9.17, 15) is 0 Å². The van der Waals surface area contributed by atoms with Crippen LogP contribution in [-0.2, 0) is 12.8 Å². The molecule has 0 fully saturated rings. The van der Waals surface area contributed by atoms with Gasteiger partial charge < -0.3 is 8.83 Å². The Bertz CT molecular complexity index is 1330. The maximum Gasteiger partial charge on any atom is 0.199 e. The van der Waals surface area contributed by atoms with E-state index in [0.29, 0.717) is 12.8 Å². The lowest BCUT2D eigenvalue weighted by Crippen LogP contribution is -1.90. The molecule has 154 valence electrons. The molecule has 0 amide bonds. The van der Waals surface area contributed by atoms with Crippen LogP contribution in [0.15, 0.2) is 106 Å². The molecule has 4 nitrogen and oxygen atoms in total. The summed E-state index contributed by atoms with van der Waals surface area (Å²) in [4.78, 5) is 9.13. The van der Waals surface area contributed by atoms with E-state index >= 15 is 0 Å². The van der Waals surface area contributed by atoms with Crippen LogP contribution in [0.25, 0.3) is 33.3 Å². The molecule has 0 aliphatic carbocycles. The summed E-state index contributed by atoms with van der Waals surface area (Å²) in [5.41, 5.74) is 8.17. The number of aromatic nitrogens is 2. The van der Waals surface area contributed by atoms with Crippen molar-refractivity contribution < 1.29 is 8.83 Å². The van der Waals surface area contributed by atoms with Crippen molar-refractivity contribution >= 4 is 22.2 Å². The van der Waals surface area contributed by atoms with Crippen molar-refractivity contribution in [3.05, 3.63) is 120 Å². The largest absolute Gasteiger partial charge is 0.440 e. The number of oxazole rings is 2. The van der Waals surface area contributed by atoms with Gasteiger partial charge in [0, 0.05) is 12.8 Å². The van der Waals surface area contributed by atoms with Gasteiger partial charge in [0.05, 0.1) is 0 Å². The summed E-state index contributed by atoms with van der Waals surface area (Å²) in [5.74, 6) is 1.48. The van der Waals surface area contributed by atoms with Crippen molar-refractivity contribution in [2.75, 3.05) is 0 Å². The molecule has 4 heteroatoms. The minimum absolute atomic E-state index is 0.679. The fourth-order valence-electron chi connectivity index (χ4n) is 3.97. The Hall–Kier alpha value is -4.18. The standard InChI is InChI=1S/C28H20N2O2/c1-3-7-25-23(5-1)29-27(31-25)17-19-9-13-21(14-10-19)22-15-11-20(12-16-22)18-28-30-24-6-2-4-8-26(24)32-28/h1-16H,17-18H2. The molecule has 32 heavy (non-hydrogen) atoms. The van der Waals surface area contributed by atoms with Gasteiger partial charge in [-0.2, -0.15) is 0 Å². The van der Waals surface area contributed by atoms with Gasteiger partial charge in [-0.05, 0) is 46.5 Å². The predicted octanol–water partition coefficient (Wildman–Crippen LogP) is 6.82. The third-order valence-electron chi connectivity index (χ3n) is 5.63. The van der Waals surface area contributed by atoms with Gasteiger partial charge >= 0.3 is 0 Å². The van der Waals surface area contributed by atoms with Crippen molar-refractivity contribution in [3.8, 4) is 11.1 Å². The highest BCUT2D eigenvalue weighted by Gasteiger charge is 2.08. The third kappa shape index (κ3) is 3.67. The van der Waals surface area contributed by atoms with Crippen LogP contribution < -0.4 is 0 Å². The van der Waals surface area contributed by atoms with Gasteiger partial charge in [0.25, 0.3) is 0 Å². The molecule has 0 saturated carbocycles. The van der Waals surface area contributed by atoms with Crippen LogP contribution in [0, 0.1) is 0 Å². The first-order valence-corrected chi connectivity index (χ1v) is 10.7. The van der Waals surface area contributed by atoms with Crippen molar-refractivity contribution in [1.29, 1.82) is 0 Å². The van der Waals surface area contributed by atoms with E-state index in [1.54, 1.807) is 0 Å². The predicted molar refractivity (Wildman–Crippen MR) is 126 cm³/mol. The Balaban J connectivity index is 1.16. The molecule has 0 radical (unpaired) electrons. The Morgan fingerprint density at radius 1 is 0.469 bits per heavy atom. The minimum Gasteiger partial charge on any atom is -0.440 e. The lowest BCUT2D eigenvalue weighted by atomic mass is 10.0. The van der Waals surface area contributed by atoms with E-state index in [-0.39, 0.29) is 0 Å². The summed E-state index contributed by atoms with van der Waals surface area (Å²) in [6.45, 7) is 0. The van der Waals surface area contributed by atoms with Gasteiger partial charge in [0.1, 0.15) is 11.0 Å². The van der Waals surface area contributed by atoms with E-state index in [1.165, 1.54) is 22.3 Å². The number of para-hydroxylation sites is 4. The zero-order valence-corrected chi connectivity index (χ0v) is 17.4. The molecule has 0 aliphatic heterocycles. The van der Waals surface area contributed by atoms with Gasteiger partial charge in [0.15, 0.2) is 22.9 Å². The van der Waals surface area contributed by atoms with Gasteiger partial charge in [-0.1, -0.05) is 72.8 Å². The van der Waals surface area contributed by atoms with Crippen LogP contribution in [0.1, 0.15) is 22.9 Å². The smallest absolute Gasteiger partial charge is 0.199 e. The summed E-state index contributed by atoms with van der Waals surface area (Å²) >= 11 is 0. The molecular formula is C28H20N2O2. The van der Waals surface area contributed by atoms with Crippen LogP contribution in [0.2, 0.25) is 0 Å². The van der Waals surface area contributed by atoms with Gasteiger partial charge in [-0.25, -0.2) is 9.97 Å². The van der Waals surface area contributed by atoms with Crippen LogP contribution in [0.3, 0.4) is 0 Å². The maximum absolute atomic E-state index is 5.84. The Labute approximate surface area is 185 Å². The van der Waals surface area contributed by atoms with E-state index in [4.69, 9.17) is 8.83 Å². The molecule has 0 bridgehead atoms. The zero-order chi connectivity index (χ0) is 21.3. The van der Waals surface area contributed by atoms with E-state index in [0.717, 1.165) is 34.0 Å². The van der Waals surface area contributed by atoms with Crippen LogP contribution in [0.5, 0.6) is 0 Å². The van der Waals surface area contributed by atoms with E-state index in [1.807, 2.05) is 48.5 Å². The summed E-state index contributed by atoms with van der Waals surface area (Å²) in [6, 6.07) is 32.8. The molecule has 6 rings (SSSR count). The highest BCUT2D eigenvalue weighted by molar-refractivity contribution is 5.73. The summed E-state index contributed by atoms with van der Waals surface area (Å²) in [6.07, 6.45) is 1.36. The van der Waals surface area contributed by atoms with Gasteiger partial charge in [-0.3, -0.25) is 0 Å².